The van der Waals surface area contributed by atoms with Crippen molar-refractivity contribution in [1.82, 2.24) is 5.43 Å². The molecule has 0 aromatic heterocycles. The number of hydrazone groups is 1. The third-order valence-corrected chi connectivity index (χ3v) is 4.45. The first-order valence-electron chi connectivity index (χ1n) is 8.67. The molecule has 0 atom stereocenters. The average molecular weight is 362 g/mol. The van der Waals surface area contributed by atoms with Crippen LogP contribution in [0.1, 0.15) is 16.7 Å². The summed E-state index contributed by atoms with van der Waals surface area (Å²) in [6.45, 7) is 3.87. The van der Waals surface area contributed by atoms with E-state index in [9.17, 15) is 4.79 Å². The van der Waals surface area contributed by atoms with Gasteiger partial charge in [0.2, 0.25) is 0 Å². The van der Waals surface area contributed by atoms with Gasteiger partial charge in [0.05, 0.1) is 13.3 Å². The van der Waals surface area contributed by atoms with E-state index in [1.165, 1.54) is 0 Å². The van der Waals surface area contributed by atoms with Gasteiger partial charge in [-0.3, -0.25) is 4.79 Å². The van der Waals surface area contributed by atoms with E-state index in [0.717, 1.165) is 27.5 Å². The molecule has 27 heavy (non-hydrogen) atoms. The lowest BCUT2D eigenvalue weighted by molar-refractivity contribution is -0.123. The Hall–Kier alpha value is -3.34. The van der Waals surface area contributed by atoms with Gasteiger partial charge in [-0.05, 0) is 47.9 Å². The van der Waals surface area contributed by atoms with E-state index in [2.05, 4.69) is 10.5 Å². The summed E-state index contributed by atoms with van der Waals surface area (Å²) in [5.41, 5.74) is 5.45. The number of nitrogens with one attached hydrogen (secondary N) is 1. The number of rotatable bonds is 6. The van der Waals surface area contributed by atoms with E-state index in [1.54, 1.807) is 13.3 Å². The molecule has 138 valence electrons. The number of benzene rings is 3. The fourth-order valence-electron chi connectivity index (χ4n) is 2.81. The van der Waals surface area contributed by atoms with Crippen LogP contribution in [0.15, 0.2) is 59.7 Å². The van der Waals surface area contributed by atoms with Crippen LogP contribution >= 0.6 is 0 Å². The van der Waals surface area contributed by atoms with Crippen molar-refractivity contribution in [2.75, 3.05) is 13.7 Å². The van der Waals surface area contributed by atoms with E-state index < -0.39 is 0 Å². The molecule has 3 rings (SSSR count). The molecular weight excluding hydrogens is 340 g/mol. The summed E-state index contributed by atoms with van der Waals surface area (Å²) in [5.74, 6) is 1.06. The van der Waals surface area contributed by atoms with Crippen molar-refractivity contribution in [3.05, 3.63) is 71.3 Å². The molecule has 0 saturated carbocycles. The van der Waals surface area contributed by atoms with E-state index in [-0.39, 0.29) is 12.5 Å². The van der Waals surface area contributed by atoms with Gasteiger partial charge in [0.25, 0.3) is 5.91 Å². The highest BCUT2D eigenvalue weighted by atomic mass is 16.5. The number of carbonyl (C=O) groups excluding carboxylic acids is 1. The summed E-state index contributed by atoms with van der Waals surface area (Å²) in [5, 5.41) is 6.14. The highest BCUT2D eigenvalue weighted by Crippen LogP contribution is 2.26. The van der Waals surface area contributed by atoms with Crippen LogP contribution in [0, 0.1) is 13.8 Å². The highest BCUT2D eigenvalue weighted by Gasteiger charge is 2.07. The number of nitrogens with zero attached hydrogens (tertiary/aromatic N) is 1. The van der Waals surface area contributed by atoms with Gasteiger partial charge < -0.3 is 9.47 Å². The first-order valence-corrected chi connectivity index (χ1v) is 8.67. The number of fused-ring (bicyclic) bond motifs is 1. The third kappa shape index (κ3) is 4.26. The van der Waals surface area contributed by atoms with Crippen LogP contribution in [-0.2, 0) is 4.79 Å². The van der Waals surface area contributed by atoms with Gasteiger partial charge in [-0.2, -0.15) is 5.10 Å². The minimum atomic E-state index is -0.327. The van der Waals surface area contributed by atoms with Crippen LogP contribution in [-0.4, -0.2) is 25.8 Å². The number of amides is 1. The molecule has 0 heterocycles. The Labute approximate surface area is 158 Å². The van der Waals surface area contributed by atoms with Crippen molar-refractivity contribution in [3.8, 4) is 11.5 Å². The van der Waals surface area contributed by atoms with E-state index in [4.69, 9.17) is 9.47 Å². The van der Waals surface area contributed by atoms with Gasteiger partial charge in [-0.15, -0.1) is 0 Å². The summed E-state index contributed by atoms with van der Waals surface area (Å²) in [6, 6.07) is 17.6. The topological polar surface area (TPSA) is 59.9 Å². The molecule has 0 radical (unpaired) electrons. The number of hydrogen-bond acceptors (Lipinski definition) is 4. The van der Waals surface area contributed by atoms with Gasteiger partial charge in [-0.25, -0.2) is 5.43 Å². The van der Waals surface area contributed by atoms with E-state index in [0.29, 0.717) is 11.5 Å². The van der Waals surface area contributed by atoms with Gasteiger partial charge >= 0.3 is 0 Å². The Balaban J connectivity index is 1.68. The molecule has 1 N–H and O–H groups in total. The second-order valence-electron chi connectivity index (χ2n) is 6.18. The molecular formula is C22H22N2O3. The van der Waals surface area contributed by atoms with Gasteiger partial charge in [0.1, 0.15) is 11.5 Å². The number of aryl methyl sites for hydroxylation is 1. The number of hydrogen-bond donors (Lipinski definition) is 1. The minimum absolute atomic E-state index is 0.103. The zero-order valence-electron chi connectivity index (χ0n) is 15.7. The largest absolute Gasteiger partial charge is 0.496 e. The Bertz CT molecular complexity index is 996. The Morgan fingerprint density at radius 1 is 1.04 bits per heavy atom. The summed E-state index contributed by atoms with van der Waals surface area (Å²) < 4.78 is 11.0. The molecule has 5 nitrogen and oxygen atoms in total. The van der Waals surface area contributed by atoms with Crippen molar-refractivity contribution in [2.45, 2.75) is 13.8 Å². The molecule has 3 aromatic carbocycles. The third-order valence-electron chi connectivity index (χ3n) is 4.45. The number of ether oxygens (including phenoxy) is 2. The van der Waals surface area contributed by atoms with Gasteiger partial charge in [0.15, 0.2) is 6.61 Å². The second-order valence-corrected chi connectivity index (χ2v) is 6.18. The summed E-state index contributed by atoms with van der Waals surface area (Å²) in [4.78, 5) is 12.0. The molecule has 0 bridgehead atoms. The van der Waals surface area contributed by atoms with Crippen molar-refractivity contribution in [2.24, 2.45) is 5.10 Å². The molecule has 0 aliphatic heterocycles. The minimum Gasteiger partial charge on any atom is -0.496 e. The van der Waals surface area contributed by atoms with Crippen LogP contribution < -0.4 is 14.9 Å². The first kappa shape index (κ1) is 18.5. The van der Waals surface area contributed by atoms with Crippen molar-refractivity contribution in [3.63, 3.8) is 0 Å². The molecule has 5 heteroatoms. The van der Waals surface area contributed by atoms with E-state index >= 15 is 0 Å². The zero-order valence-corrected chi connectivity index (χ0v) is 15.7. The lowest BCUT2D eigenvalue weighted by atomic mass is 10.0. The SMILES string of the molecule is COc1ccc2ccccc2c1/C=N/NC(=O)COc1cccc(C)c1C. The maximum atomic E-state index is 12.0. The lowest BCUT2D eigenvalue weighted by Gasteiger charge is -2.10. The van der Waals surface area contributed by atoms with Crippen LogP contribution in [0.5, 0.6) is 11.5 Å². The fraction of sp³-hybridized carbons (Fsp3) is 0.182. The molecule has 0 unspecified atom stereocenters. The van der Waals surface area contributed by atoms with Crippen LogP contribution in [0.3, 0.4) is 0 Å². The Morgan fingerprint density at radius 3 is 2.67 bits per heavy atom. The fourth-order valence-corrected chi connectivity index (χ4v) is 2.81. The maximum absolute atomic E-state index is 12.0. The molecule has 0 spiro atoms. The smallest absolute Gasteiger partial charge is 0.277 e. The van der Waals surface area contributed by atoms with Crippen LogP contribution in [0.4, 0.5) is 0 Å². The average Bonchev–Trinajstić information content (AvgIpc) is 2.69. The molecule has 0 aliphatic carbocycles. The summed E-state index contributed by atoms with van der Waals surface area (Å²) in [6.07, 6.45) is 1.59. The zero-order chi connectivity index (χ0) is 19.2. The van der Waals surface area contributed by atoms with Gasteiger partial charge in [-0.1, -0.05) is 42.5 Å². The van der Waals surface area contributed by atoms with Crippen molar-refractivity contribution in [1.29, 1.82) is 0 Å². The molecule has 0 fully saturated rings. The van der Waals surface area contributed by atoms with Crippen LogP contribution in [0.25, 0.3) is 10.8 Å². The molecule has 1 amide bonds. The number of carbonyl (C=O) groups is 1. The quantitative estimate of drug-likeness (QED) is 0.533. The maximum Gasteiger partial charge on any atom is 0.277 e. The van der Waals surface area contributed by atoms with E-state index in [1.807, 2.05) is 68.4 Å². The molecule has 3 aromatic rings. The van der Waals surface area contributed by atoms with Gasteiger partial charge in [0, 0.05) is 5.56 Å². The summed E-state index contributed by atoms with van der Waals surface area (Å²) in [7, 11) is 1.61. The second kappa shape index (κ2) is 8.36. The lowest BCUT2D eigenvalue weighted by Crippen LogP contribution is -2.24. The number of methoxy groups -OCH3 is 1. The van der Waals surface area contributed by atoms with Crippen LogP contribution in [0.2, 0.25) is 0 Å². The normalized spacial score (nSPS) is 10.9. The summed E-state index contributed by atoms with van der Waals surface area (Å²) >= 11 is 0. The standard InChI is InChI=1S/C22H22N2O3/c1-15-7-6-10-20(16(15)2)27-14-22(25)24-23-13-19-18-9-5-4-8-17(18)11-12-21(19)26-3/h4-13H,14H2,1-3H3,(H,24,25)/b23-13+. The van der Waals surface area contributed by atoms with Crippen molar-refractivity contribution >= 4 is 22.9 Å². The molecule has 0 aliphatic rings. The van der Waals surface area contributed by atoms with Crippen molar-refractivity contribution < 1.29 is 14.3 Å². The first-order chi connectivity index (χ1) is 13.1. The predicted molar refractivity (Wildman–Crippen MR) is 108 cm³/mol. The Morgan fingerprint density at radius 2 is 1.85 bits per heavy atom. The predicted octanol–water partition coefficient (Wildman–Crippen LogP) is 3.99. The Kier molecular flexibility index (Phi) is 5.71. The molecule has 0 saturated heterocycles. The monoisotopic (exact) mass is 362 g/mol. The highest BCUT2D eigenvalue weighted by molar-refractivity contribution is 6.02.